The van der Waals surface area contributed by atoms with Gasteiger partial charge in [-0.2, -0.15) is 9.78 Å². The molecule has 0 fully saturated rings. The number of rotatable bonds is 2. The number of nitrogens with zero attached hydrogens (tertiary/aromatic N) is 3. The predicted molar refractivity (Wildman–Crippen MR) is 113 cm³/mol. The first-order valence-corrected chi connectivity index (χ1v) is 10.3. The van der Waals surface area contributed by atoms with Crippen LogP contribution in [0.15, 0.2) is 36.4 Å². The summed E-state index contributed by atoms with van der Waals surface area (Å²) in [5.41, 5.74) is 3.82. The molecule has 8 heteroatoms. The van der Waals surface area contributed by atoms with Gasteiger partial charge in [0.1, 0.15) is 11.6 Å². The van der Waals surface area contributed by atoms with Crippen molar-refractivity contribution in [2.45, 2.75) is 26.2 Å². The lowest BCUT2D eigenvalue weighted by atomic mass is 9.85. The fraction of sp³-hybridized carbons (Fsp3) is 0.190. The molecule has 1 N–H and O–H groups in total. The fourth-order valence-electron chi connectivity index (χ4n) is 3.89. The minimum Gasteiger partial charge on any atom is -0.310 e. The summed E-state index contributed by atoms with van der Waals surface area (Å²) in [6.07, 6.45) is 0.110. The predicted octanol–water partition coefficient (Wildman–Crippen LogP) is 5.37. The first-order valence-electron chi connectivity index (χ1n) is 9.13. The largest absolute Gasteiger partial charge is 0.310 e. The molecular formula is C21H16ClFN4OS. The molecule has 4 aromatic rings. The number of aromatic nitrogens is 3. The van der Waals surface area contributed by atoms with E-state index >= 15 is 0 Å². The zero-order valence-electron chi connectivity index (χ0n) is 15.7. The highest BCUT2D eigenvalue weighted by atomic mass is 35.5. The van der Waals surface area contributed by atoms with Gasteiger partial charge >= 0.3 is 0 Å². The molecule has 0 aliphatic carbocycles. The number of nitrogens with one attached hydrogen (secondary N) is 1. The highest BCUT2D eigenvalue weighted by molar-refractivity contribution is 7.20. The van der Waals surface area contributed by atoms with Crippen molar-refractivity contribution in [1.82, 2.24) is 14.8 Å². The van der Waals surface area contributed by atoms with Crippen molar-refractivity contribution in [3.63, 3.8) is 0 Å². The van der Waals surface area contributed by atoms with Gasteiger partial charge in [-0.05, 0) is 43.7 Å². The Hall–Kier alpha value is -2.77. The number of aryl methyl sites for hydroxylation is 2. The van der Waals surface area contributed by atoms with E-state index in [4.69, 9.17) is 11.6 Å². The molecule has 1 aliphatic rings. The Morgan fingerprint density at radius 2 is 2.07 bits per heavy atom. The molecule has 1 unspecified atom stereocenters. The molecule has 1 aliphatic heterocycles. The molecule has 0 bridgehead atoms. The maximum absolute atomic E-state index is 14.6. The molecule has 0 radical (unpaired) electrons. The van der Waals surface area contributed by atoms with Crippen LogP contribution in [0.1, 0.15) is 34.7 Å². The summed E-state index contributed by atoms with van der Waals surface area (Å²) < 4.78 is 17.3. The van der Waals surface area contributed by atoms with Crippen molar-refractivity contribution in [3.05, 3.63) is 69.6 Å². The maximum Gasteiger partial charge on any atom is 0.226 e. The second kappa shape index (κ2) is 6.64. The number of fused-ring (bicyclic) bond motifs is 2. The monoisotopic (exact) mass is 426 g/mol. The Morgan fingerprint density at radius 1 is 1.24 bits per heavy atom. The second-order valence-corrected chi connectivity index (χ2v) is 8.58. The summed E-state index contributed by atoms with van der Waals surface area (Å²) in [4.78, 5) is 17.2. The van der Waals surface area contributed by atoms with Crippen LogP contribution in [0.2, 0.25) is 5.02 Å². The van der Waals surface area contributed by atoms with E-state index in [2.05, 4.69) is 21.5 Å². The molecule has 146 valence electrons. The van der Waals surface area contributed by atoms with Gasteiger partial charge < -0.3 is 5.32 Å². The third-order valence-corrected chi connectivity index (χ3v) is 6.49. The summed E-state index contributed by atoms with van der Waals surface area (Å²) >= 11 is 7.81. The van der Waals surface area contributed by atoms with Crippen LogP contribution < -0.4 is 5.32 Å². The summed E-state index contributed by atoms with van der Waals surface area (Å²) in [6, 6.07) is 10.6. The van der Waals surface area contributed by atoms with Crippen molar-refractivity contribution in [2.24, 2.45) is 0 Å². The average molecular weight is 427 g/mol. The minimum atomic E-state index is -0.502. The molecule has 2 aromatic carbocycles. The van der Waals surface area contributed by atoms with Crippen LogP contribution in [0, 0.1) is 19.7 Å². The Morgan fingerprint density at radius 3 is 2.86 bits per heavy atom. The van der Waals surface area contributed by atoms with E-state index < -0.39 is 11.7 Å². The summed E-state index contributed by atoms with van der Waals surface area (Å²) in [5, 5.41) is 8.49. The molecule has 2 aromatic heterocycles. The van der Waals surface area contributed by atoms with Gasteiger partial charge in [-0.1, -0.05) is 35.1 Å². The van der Waals surface area contributed by atoms with E-state index in [-0.39, 0.29) is 12.3 Å². The minimum absolute atomic E-state index is 0.110. The van der Waals surface area contributed by atoms with Gasteiger partial charge in [0, 0.05) is 28.5 Å². The summed E-state index contributed by atoms with van der Waals surface area (Å²) in [6.45, 7) is 3.88. The Bertz CT molecular complexity index is 1280. The third-order valence-electron chi connectivity index (χ3n) is 5.16. The number of hydrogen-bond acceptors (Lipinski definition) is 4. The average Bonchev–Trinajstić information content (AvgIpc) is 3.22. The smallest absolute Gasteiger partial charge is 0.226 e. The van der Waals surface area contributed by atoms with Crippen LogP contribution in [0.3, 0.4) is 0 Å². The second-order valence-electron chi connectivity index (χ2n) is 7.17. The fourth-order valence-corrected chi connectivity index (χ4v) is 5.20. The van der Waals surface area contributed by atoms with Gasteiger partial charge in [0.2, 0.25) is 11.0 Å². The van der Waals surface area contributed by atoms with Gasteiger partial charge in [0.25, 0.3) is 0 Å². The molecule has 0 spiro atoms. The molecule has 29 heavy (non-hydrogen) atoms. The maximum atomic E-state index is 14.6. The first kappa shape index (κ1) is 18.3. The highest BCUT2D eigenvalue weighted by Gasteiger charge is 2.35. The number of benzene rings is 2. The lowest BCUT2D eigenvalue weighted by Crippen LogP contribution is -2.25. The van der Waals surface area contributed by atoms with Gasteiger partial charge in [0.15, 0.2) is 0 Å². The topological polar surface area (TPSA) is 59.8 Å². The van der Waals surface area contributed by atoms with Crippen LogP contribution >= 0.6 is 22.9 Å². The molecule has 0 saturated heterocycles. The normalized spacial score (nSPS) is 16.1. The first-order chi connectivity index (χ1) is 13.9. The lowest BCUT2D eigenvalue weighted by Gasteiger charge is -2.25. The number of thiazole rings is 1. The standard InChI is InChI=1S/C21H16ClFN4OS/c1-10-6-7-15-16(8-10)29-21(24-15)27-20-18(11(2)26-27)12(9-17(28)25-20)19-13(22)4-3-5-14(19)23/h3-8,12H,9H2,1-2H3,(H,25,28). The Balaban J connectivity index is 1.71. The van der Waals surface area contributed by atoms with Gasteiger partial charge in [0.05, 0.1) is 15.9 Å². The number of carbonyl (C=O) groups is 1. The van der Waals surface area contributed by atoms with E-state index in [1.54, 1.807) is 16.8 Å². The zero-order valence-corrected chi connectivity index (χ0v) is 17.2. The molecule has 1 amide bonds. The van der Waals surface area contributed by atoms with Crippen LogP contribution in [0.5, 0.6) is 0 Å². The van der Waals surface area contributed by atoms with E-state index in [0.717, 1.165) is 21.3 Å². The van der Waals surface area contributed by atoms with Crippen LogP contribution in [-0.4, -0.2) is 20.7 Å². The molecule has 0 saturated carbocycles. The van der Waals surface area contributed by atoms with Crippen molar-refractivity contribution >= 4 is 44.9 Å². The van der Waals surface area contributed by atoms with E-state index in [1.165, 1.54) is 17.4 Å². The van der Waals surface area contributed by atoms with Crippen LogP contribution in [0.25, 0.3) is 15.3 Å². The van der Waals surface area contributed by atoms with E-state index in [9.17, 15) is 9.18 Å². The number of halogens is 2. The van der Waals surface area contributed by atoms with Gasteiger partial charge in [-0.3, -0.25) is 4.79 Å². The third kappa shape index (κ3) is 2.92. The Labute approximate surface area is 175 Å². The molecule has 5 rings (SSSR count). The molecule has 5 nitrogen and oxygen atoms in total. The van der Waals surface area contributed by atoms with Crippen molar-refractivity contribution in [1.29, 1.82) is 0 Å². The highest BCUT2D eigenvalue weighted by Crippen LogP contribution is 2.43. The number of carbonyl (C=O) groups excluding carboxylic acids is 1. The molecular weight excluding hydrogens is 411 g/mol. The summed E-state index contributed by atoms with van der Waals surface area (Å²) in [5.74, 6) is -0.609. The number of hydrogen-bond donors (Lipinski definition) is 1. The van der Waals surface area contributed by atoms with Crippen molar-refractivity contribution in [3.8, 4) is 5.13 Å². The SMILES string of the molecule is Cc1ccc2nc(-n3nc(C)c4c3NC(=O)CC4c3c(F)cccc3Cl)sc2c1. The van der Waals surface area contributed by atoms with Crippen LogP contribution in [-0.2, 0) is 4.79 Å². The van der Waals surface area contributed by atoms with Crippen molar-refractivity contribution in [2.75, 3.05) is 5.32 Å². The van der Waals surface area contributed by atoms with E-state index in [0.29, 0.717) is 27.2 Å². The number of amides is 1. The molecule has 3 heterocycles. The van der Waals surface area contributed by atoms with Gasteiger partial charge in [-0.15, -0.1) is 0 Å². The van der Waals surface area contributed by atoms with Crippen molar-refractivity contribution < 1.29 is 9.18 Å². The van der Waals surface area contributed by atoms with E-state index in [1.807, 2.05) is 26.0 Å². The summed E-state index contributed by atoms with van der Waals surface area (Å²) in [7, 11) is 0. The van der Waals surface area contributed by atoms with Gasteiger partial charge in [-0.25, -0.2) is 9.37 Å². The quantitative estimate of drug-likeness (QED) is 0.469. The molecule has 1 atom stereocenters. The van der Waals surface area contributed by atoms with Crippen LogP contribution in [0.4, 0.5) is 10.2 Å². The lowest BCUT2D eigenvalue weighted by molar-refractivity contribution is -0.116. The number of anilines is 1. The zero-order chi connectivity index (χ0) is 20.3. The Kier molecular flexibility index (Phi) is 4.18.